The molecule has 0 atom stereocenters. The fourth-order valence-electron chi connectivity index (χ4n) is 1.48. The number of rotatable bonds is 2. The second-order valence-corrected chi connectivity index (χ2v) is 4.34. The molecule has 0 spiro atoms. The van der Waals surface area contributed by atoms with Crippen molar-refractivity contribution in [1.82, 2.24) is 0 Å². The van der Waals surface area contributed by atoms with Gasteiger partial charge in [0.2, 0.25) is 0 Å². The maximum absolute atomic E-state index is 11.7. The van der Waals surface area contributed by atoms with E-state index in [-0.39, 0.29) is 0 Å². The fraction of sp³-hybridized carbons (Fsp3) is 0.500. The molecule has 0 radical (unpaired) electrons. The molecule has 1 aromatic rings. The highest BCUT2D eigenvalue weighted by Gasteiger charge is 2.27. The Balaban J connectivity index is 2.19. The maximum atomic E-state index is 11.7. The topological polar surface area (TPSA) is 17.1 Å². The molecule has 1 aliphatic carbocycles. The molecule has 1 saturated carbocycles. The van der Waals surface area contributed by atoms with Gasteiger partial charge >= 0.3 is 0 Å². The second-order valence-electron chi connectivity index (χ2n) is 3.42. The maximum Gasteiger partial charge on any atom is 0.176 e. The number of ketones is 1. The van der Waals surface area contributed by atoms with E-state index in [1.807, 2.05) is 18.4 Å². The molecule has 0 aliphatic heterocycles. The minimum atomic E-state index is 0.349. The molecule has 0 unspecified atom stereocenters. The van der Waals surface area contributed by atoms with Crippen LogP contribution in [0.1, 0.15) is 34.5 Å². The number of carbonyl (C=O) groups is 1. The summed E-state index contributed by atoms with van der Waals surface area (Å²) in [5.74, 6) is 0.733. The van der Waals surface area contributed by atoms with E-state index in [2.05, 4.69) is 0 Å². The molecule has 2 rings (SSSR count). The van der Waals surface area contributed by atoms with Crippen molar-refractivity contribution >= 4 is 17.1 Å². The molecule has 0 amide bonds. The molecule has 0 N–H and O–H groups in total. The summed E-state index contributed by atoms with van der Waals surface area (Å²) in [6.45, 7) is 2.02. The van der Waals surface area contributed by atoms with E-state index in [9.17, 15) is 4.79 Å². The minimum absolute atomic E-state index is 0.349. The molecule has 1 nitrogen and oxygen atoms in total. The van der Waals surface area contributed by atoms with Crippen LogP contribution in [0.3, 0.4) is 0 Å². The Labute approximate surface area is 76.4 Å². The zero-order chi connectivity index (χ0) is 8.55. The first-order valence-corrected chi connectivity index (χ1v) is 5.25. The van der Waals surface area contributed by atoms with Gasteiger partial charge in [0.05, 0.1) is 4.88 Å². The van der Waals surface area contributed by atoms with Crippen molar-refractivity contribution in [2.24, 2.45) is 5.92 Å². The van der Waals surface area contributed by atoms with E-state index >= 15 is 0 Å². The Hall–Kier alpha value is -0.630. The lowest BCUT2D eigenvalue weighted by atomic mass is 9.81. The summed E-state index contributed by atoms with van der Waals surface area (Å²) in [5, 5.41) is 2.00. The first-order chi connectivity index (χ1) is 5.79. The lowest BCUT2D eigenvalue weighted by Crippen LogP contribution is -2.21. The predicted octanol–water partition coefficient (Wildman–Crippen LogP) is 3.04. The largest absolute Gasteiger partial charge is 0.293 e. The fourth-order valence-corrected chi connectivity index (χ4v) is 2.43. The molecular formula is C10H12OS. The smallest absolute Gasteiger partial charge is 0.176 e. The van der Waals surface area contributed by atoms with Gasteiger partial charge in [0.15, 0.2) is 5.78 Å². The average molecular weight is 180 g/mol. The van der Waals surface area contributed by atoms with Crippen molar-refractivity contribution in [3.63, 3.8) is 0 Å². The predicted molar refractivity (Wildman–Crippen MR) is 50.7 cm³/mol. The molecule has 1 heterocycles. The zero-order valence-electron chi connectivity index (χ0n) is 7.17. The third kappa shape index (κ3) is 1.20. The Bertz CT molecular complexity index is 297. The van der Waals surface area contributed by atoms with Crippen LogP contribution in [0.15, 0.2) is 11.4 Å². The van der Waals surface area contributed by atoms with Crippen molar-refractivity contribution in [2.45, 2.75) is 26.2 Å². The highest BCUT2D eigenvalue weighted by molar-refractivity contribution is 7.12. The van der Waals surface area contributed by atoms with Crippen LogP contribution in [0.25, 0.3) is 0 Å². The van der Waals surface area contributed by atoms with E-state index in [4.69, 9.17) is 0 Å². The van der Waals surface area contributed by atoms with Gasteiger partial charge in [0.25, 0.3) is 0 Å². The molecule has 1 fully saturated rings. The van der Waals surface area contributed by atoms with Gasteiger partial charge < -0.3 is 0 Å². The average Bonchev–Trinajstić information content (AvgIpc) is 2.31. The number of hydrogen-bond acceptors (Lipinski definition) is 2. The van der Waals surface area contributed by atoms with Crippen LogP contribution >= 0.6 is 11.3 Å². The van der Waals surface area contributed by atoms with Crippen LogP contribution in [0.2, 0.25) is 0 Å². The Morgan fingerprint density at radius 3 is 2.75 bits per heavy atom. The third-order valence-electron chi connectivity index (χ3n) is 2.56. The Morgan fingerprint density at radius 2 is 2.33 bits per heavy atom. The van der Waals surface area contributed by atoms with Crippen molar-refractivity contribution in [3.8, 4) is 0 Å². The van der Waals surface area contributed by atoms with Crippen LogP contribution in [-0.4, -0.2) is 5.78 Å². The van der Waals surface area contributed by atoms with Crippen LogP contribution in [0.4, 0.5) is 0 Å². The number of hydrogen-bond donors (Lipinski definition) is 0. The monoisotopic (exact) mass is 180 g/mol. The molecule has 0 saturated heterocycles. The van der Waals surface area contributed by atoms with E-state index in [1.54, 1.807) is 11.3 Å². The van der Waals surface area contributed by atoms with Gasteiger partial charge in [0, 0.05) is 5.92 Å². The highest BCUT2D eigenvalue weighted by atomic mass is 32.1. The van der Waals surface area contributed by atoms with Crippen molar-refractivity contribution < 1.29 is 4.79 Å². The first kappa shape index (κ1) is 7.99. The molecule has 12 heavy (non-hydrogen) atoms. The summed E-state index contributed by atoms with van der Waals surface area (Å²) in [4.78, 5) is 12.7. The van der Waals surface area contributed by atoms with Crippen molar-refractivity contribution in [3.05, 3.63) is 21.9 Å². The SMILES string of the molecule is Cc1ccsc1C(=O)C1CCC1. The van der Waals surface area contributed by atoms with E-state index in [1.165, 1.54) is 6.42 Å². The second kappa shape index (κ2) is 3.02. The number of thiophene rings is 1. The third-order valence-corrected chi connectivity index (χ3v) is 3.59. The summed E-state index contributed by atoms with van der Waals surface area (Å²) >= 11 is 1.59. The van der Waals surface area contributed by atoms with Gasteiger partial charge in [-0.05, 0) is 36.8 Å². The van der Waals surface area contributed by atoms with Crippen LogP contribution < -0.4 is 0 Å². The van der Waals surface area contributed by atoms with Gasteiger partial charge in [-0.25, -0.2) is 0 Å². The quantitative estimate of drug-likeness (QED) is 0.639. The Kier molecular flexibility index (Phi) is 2.01. The van der Waals surface area contributed by atoms with Gasteiger partial charge in [0.1, 0.15) is 0 Å². The normalized spacial score (nSPS) is 17.4. The molecular weight excluding hydrogens is 168 g/mol. The van der Waals surface area contributed by atoms with E-state index < -0.39 is 0 Å². The highest BCUT2D eigenvalue weighted by Crippen LogP contribution is 2.32. The standard InChI is InChI=1S/C10H12OS/c1-7-5-6-12-10(7)9(11)8-3-2-4-8/h5-6,8H,2-4H2,1H3. The number of carbonyl (C=O) groups excluding carboxylic acids is 1. The summed E-state index contributed by atoms with van der Waals surface area (Å²) in [5.41, 5.74) is 1.15. The zero-order valence-corrected chi connectivity index (χ0v) is 7.99. The van der Waals surface area contributed by atoms with E-state index in [0.29, 0.717) is 11.7 Å². The van der Waals surface area contributed by atoms with Crippen LogP contribution in [0, 0.1) is 12.8 Å². The number of Topliss-reactive ketones (excluding diaryl/α,β-unsaturated/α-hetero) is 1. The van der Waals surface area contributed by atoms with Crippen molar-refractivity contribution in [2.75, 3.05) is 0 Å². The van der Waals surface area contributed by atoms with Crippen LogP contribution in [-0.2, 0) is 0 Å². The van der Waals surface area contributed by atoms with E-state index in [0.717, 1.165) is 23.3 Å². The van der Waals surface area contributed by atoms with Gasteiger partial charge in [-0.2, -0.15) is 0 Å². The van der Waals surface area contributed by atoms with Gasteiger partial charge in [-0.3, -0.25) is 4.79 Å². The molecule has 1 aromatic heterocycles. The Morgan fingerprint density at radius 1 is 1.58 bits per heavy atom. The number of aryl methyl sites for hydroxylation is 1. The minimum Gasteiger partial charge on any atom is -0.293 e. The summed E-state index contributed by atoms with van der Waals surface area (Å²) in [7, 11) is 0. The lowest BCUT2D eigenvalue weighted by molar-refractivity contribution is 0.0859. The van der Waals surface area contributed by atoms with Crippen molar-refractivity contribution in [1.29, 1.82) is 0 Å². The van der Waals surface area contributed by atoms with Crippen LogP contribution in [0.5, 0.6) is 0 Å². The molecule has 1 aliphatic rings. The molecule has 64 valence electrons. The lowest BCUT2D eigenvalue weighted by Gasteiger charge is -2.23. The van der Waals surface area contributed by atoms with Gasteiger partial charge in [-0.1, -0.05) is 6.42 Å². The molecule has 0 bridgehead atoms. The summed E-state index contributed by atoms with van der Waals surface area (Å²) in [6, 6.07) is 2.02. The molecule has 2 heteroatoms. The molecule has 0 aromatic carbocycles. The summed E-state index contributed by atoms with van der Waals surface area (Å²) < 4.78 is 0. The summed E-state index contributed by atoms with van der Waals surface area (Å²) in [6.07, 6.45) is 3.45. The first-order valence-electron chi connectivity index (χ1n) is 4.37. The van der Waals surface area contributed by atoms with Gasteiger partial charge in [-0.15, -0.1) is 11.3 Å².